The minimum Gasteiger partial charge on any atom is -0.480 e. The molecule has 0 fully saturated rings. The van der Waals surface area contributed by atoms with Crippen molar-refractivity contribution in [2.24, 2.45) is 29.0 Å². The number of guanidine groups is 2. The largest absolute Gasteiger partial charge is 0.480 e. The fourth-order valence-corrected chi connectivity index (χ4v) is 6.48. The molecule has 0 unspecified atom stereocenters. The van der Waals surface area contributed by atoms with Crippen LogP contribution in [0.2, 0.25) is 0 Å². The summed E-state index contributed by atoms with van der Waals surface area (Å²) < 4.78 is 0. The first kappa shape index (κ1) is 54.2. The molecule has 0 aliphatic rings. The van der Waals surface area contributed by atoms with Crippen LogP contribution in [0.15, 0.2) is 30.5 Å². The van der Waals surface area contributed by atoms with Crippen LogP contribution in [0.3, 0.4) is 0 Å². The second-order valence-electron chi connectivity index (χ2n) is 16.3. The van der Waals surface area contributed by atoms with E-state index in [2.05, 4.69) is 52.8 Å². The Hall–Kier alpha value is -6.98. The molecule has 1 aromatic heterocycles. The maximum Gasteiger partial charge on any atom is 0.322 e. The highest BCUT2D eigenvalue weighted by atomic mass is 16.4. The van der Waals surface area contributed by atoms with Gasteiger partial charge in [0.25, 0.3) is 0 Å². The second kappa shape index (κ2) is 27.3. The van der Waals surface area contributed by atoms with Crippen molar-refractivity contribution in [2.45, 2.75) is 109 Å². The van der Waals surface area contributed by atoms with Gasteiger partial charge in [0.05, 0.1) is 12.6 Å². The monoisotopic (exact) mass is 914 g/mol. The van der Waals surface area contributed by atoms with E-state index in [1.54, 1.807) is 20.0 Å². The van der Waals surface area contributed by atoms with Gasteiger partial charge in [-0.25, -0.2) is 0 Å². The Balaban J connectivity index is 2.26. The van der Waals surface area contributed by atoms with Crippen LogP contribution in [-0.4, -0.2) is 132 Å². The molecule has 0 aliphatic heterocycles. The Morgan fingerprint density at radius 1 is 0.646 bits per heavy atom. The molecule has 24 nitrogen and oxygen atoms in total. The molecular formula is C41H67N15O9. The first-order valence-corrected chi connectivity index (χ1v) is 21.3. The smallest absolute Gasteiger partial charge is 0.322 e. The molecule has 1 aromatic carbocycles. The first-order chi connectivity index (χ1) is 30.6. The summed E-state index contributed by atoms with van der Waals surface area (Å²) in [5.74, 6) is -7.72. The van der Waals surface area contributed by atoms with Crippen molar-refractivity contribution >= 4 is 70.1 Å². The summed E-state index contributed by atoms with van der Waals surface area (Å²) in [5, 5.41) is 47.6. The summed E-state index contributed by atoms with van der Waals surface area (Å²) in [6.07, 6.45) is 2.42. The highest BCUT2D eigenvalue weighted by Gasteiger charge is 2.34. The van der Waals surface area contributed by atoms with E-state index in [9.17, 15) is 38.4 Å². The van der Waals surface area contributed by atoms with Crippen LogP contribution in [0.5, 0.6) is 0 Å². The molecule has 0 spiro atoms. The lowest BCUT2D eigenvalue weighted by atomic mass is 9.98. The number of aromatic nitrogens is 1. The summed E-state index contributed by atoms with van der Waals surface area (Å²) in [6.45, 7) is 7.44. The molecule has 19 N–H and O–H groups in total. The lowest BCUT2D eigenvalue weighted by Gasteiger charge is -2.29. The number of benzene rings is 1. The number of carbonyl (C=O) groups is 8. The van der Waals surface area contributed by atoms with Crippen LogP contribution in [0.25, 0.3) is 10.9 Å². The molecule has 0 bridgehead atoms. The molecule has 0 aliphatic carbocycles. The lowest BCUT2D eigenvalue weighted by Crippen LogP contribution is -2.60. The van der Waals surface area contributed by atoms with Crippen molar-refractivity contribution in [2.75, 3.05) is 26.2 Å². The highest BCUT2D eigenvalue weighted by Crippen LogP contribution is 2.20. The van der Waals surface area contributed by atoms with Gasteiger partial charge in [0.15, 0.2) is 11.9 Å². The Labute approximate surface area is 377 Å². The second-order valence-corrected chi connectivity index (χ2v) is 16.3. The number of hydrogen-bond acceptors (Lipinski definition) is 11. The maximum absolute atomic E-state index is 14.0. The van der Waals surface area contributed by atoms with Crippen LogP contribution < -0.4 is 65.1 Å². The summed E-state index contributed by atoms with van der Waals surface area (Å²) in [5.41, 5.74) is 18.1. The Morgan fingerprint density at radius 3 is 1.71 bits per heavy atom. The third-order valence-electron chi connectivity index (χ3n) is 9.82. The van der Waals surface area contributed by atoms with Gasteiger partial charge in [-0.1, -0.05) is 45.9 Å². The molecule has 2 aromatic rings. The van der Waals surface area contributed by atoms with Crippen molar-refractivity contribution < 1.29 is 43.5 Å². The molecule has 24 heteroatoms. The van der Waals surface area contributed by atoms with Gasteiger partial charge in [0.2, 0.25) is 41.4 Å². The van der Waals surface area contributed by atoms with Crippen LogP contribution in [-0.2, 0) is 44.8 Å². The number of aliphatic carboxylic acids is 1. The first-order valence-electron chi connectivity index (χ1n) is 21.3. The number of nitrogens with two attached hydrogens (primary N) is 3. The van der Waals surface area contributed by atoms with Gasteiger partial charge in [0, 0.05) is 36.6 Å². The number of rotatable bonds is 28. The minimum absolute atomic E-state index is 0.0153. The van der Waals surface area contributed by atoms with E-state index in [1.165, 1.54) is 6.92 Å². The van der Waals surface area contributed by atoms with Crippen LogP contribution in [0.4, 0.5) is 0 Å². The molecule has 0 saturated heterocycles. The SMILES string of the molecule is CC(C)C[C@H](NC(=O)[C@H](Cc1c[nH]c2ccccc12)NC(=O)[C@H](C)N)C(=O)N[C@H](C(=O)N[C@@H](CCCNC(=N)N)C(=O)NCC(=O)N[C@@H](CCCNC(=N)N)C(=O)NCC(=O)O)C(C)C. The van der Waals surface area contributed by atoms with Gasteiger partial charge >= 0.3 is 5.97 Å². The van der Waals surface area contributed by atoms with Gasteiger partial charge in [-0.3, -0.25) is 49.2 Å². The lowest BCUT2D eigenvalue weighted by molar-refractivity contribution is -0.138. The Kier molecular flexibility index (Phi) is 22.7. The van der Waals surface area contributed by atoms with Gasteiger partial charge in [-0.2, -0.15) is 0 Å². The Bertz CT molecular complexity index is 1990. The van der Waals surface area contributed by atoms with Gasteiger partial charge in [0.1, 0.15) is 36.8 Å². The fraction of sp³-hybridized carbons (Fsp3) is 0.561. The van der Waals surface area contributed by atoms with Crippen LogP contribution in [0, 0.1) is 22.7 Å². The van der Waals surface area contributed by atoms with Crippen LogP contribution in [0.1, 0.15) is 72.3 Å². The Morgan fingerprint density at radius 2 is 1.17 bits per heavy atom. The normalized spacial score (nSPS) is 13.8. The number of amides is 7. The summed E-state index contributed by atoms with van der Waals surface area (Å²) >= 11 is 0. The number of carbonyl (C=O) groups excluding carboxylic acids is 7. The van der Waals surface area contributed by atoms with E-state index in [-0.39, 0.29) is 69.5 Å². The zero-order valence-electron chi connectivity index (χ0n) is 37.5. The van der Waals surface area contributed by atoms with Crippen molar-refractivity contribution in [3.8, 4) is 0 Å². The summed E-state index contributed by atoms with van der Waals surface area (Å²) in [6, 6.07) is 0.490. The molecule has 65 heavy (non-hydrogen) atoms. The number of aromatic amines is 1. The molecule has 0 saturated carbocycles. The minimum atomic E-state index is -1.31. The molecule has 360 valence electrons. The summed E-state index contributed by atoms with van der Waals surface area (Å²) in [4.78, 5) is 108. The highest BCUT2D eigenvalue weighted by molar-refractivity contribution is 5.97. The molecule has 6 atom stereocenters. The van der Waals surface area contributed by atoms with E-state index >= 15 is 0 Å². The predicted molar refractivity (Wildman–Crippen MR) is 242 cm³/mol. The van der Waals surface area contributed by atoms with Crippen molar-refractivity contribution in [1.29, 1.82) is 10.8 Å². The maximum atomic E-state index is 14.0. The third kappa shape index (κ3) is 19.9. The number of fused-ring (bicyclic) bond motifs is 1. The number of carboxylic acid groups (broad SMARTS) is 1. The number of hydrogen-bond donors (Lipinski definition) is 16. The molecule has 1 heterocycles. The topological polar surface area (TPSA) is 407 Å². The average Bonchev–Trinajstić information content (AvgIpc) is 3.64. The molecular weight excluding hydrogens is 847 g/mol. The van der Waals surface area contributed by atoms with E-state index < -0.39 is 103 Å². The third-order valence-corrected chi connectivity index (χ3v) is 9.82. The average molecular weight is 914 g/mol. The van der Waals surface area contributed by atoms with Gasteiger partial charge in [-0.05, 0) is 62.5 Å². The summed E-state index contributed by atoms with van der Waals surface area (Å²) in [7, 11) is 0. The van der Waals surface area contributed by atoms with Crippen LogP contribution >= 0.6 is 0 Å². The van der Waals surface area contributed by atoms with E-state index in [4.69, 9.17) is 33.1 Å². The zero-order chi connectivity index (χ0) is 48.8. The number of H-pyrrole nitrogens is 1. The van der Waals surface area contributed by atoms with E-state index in [0.29, 0.717) is 0 Å². The van der Waals surface area contributed by atoms with Gasteiger partial charge < -0.3 is 75.1 Å². The predicted octanol–water partition coefficient (Wildman–Crippen LogP) is -2.97. The van der Waals surface area contributed by atoms with E-state index in [0.717, 1.165) is 16.5 Å². The number of carboxylic acids is 1. The van der Waals surface area contributed by atoms with Crippen molar-refractivity contribution in [1.82, 2.24) is 52.8 Å². The van der Waals surface area contributed by atoms with Crippen molar-refractivity contribution in [3.63, 3.8) is 0 Å². The standard InChI is InChI=1S/C41H67N15O9/c1-21(2)16-29(55-37(63)30(54-34(60)23(5)42)17-24-18-49-26-11-7-6-10-25(24)26)38(64)56-33(22(3)4)39(65)53-28(13-9-15-48-41(45)46)36(62)50-19-31(57)52-27(12-8-14-47-40(43)44)35(61)51-20-32(58)59/h6-7,10-11,18,21-23,27-30,33,49H,8-9,12-17,19-20,42H2,1-5H3,(H,50,62)(H,51,61)(H,52,57)(H,53,65)(H,54,60)(H,55,63)(H,56,64)(H,58,59)(H4,43,44,47)(H4,45,46,48)/t23-,27-,28-,29-,30-,33-/m0/s1. The van der Waals surface area contributed by atoms with E-state index in [1.807, 2.05) is 38.1 Å². The number of nitrogens with one attached hydrogen (secondary N) is 12. The fourth-order valence-electron chi connectivity index (χ4n) is 6.48. The zero-order valence-corrected chi connectivity index (χ0v) is 37.5. The van der Waals surface area contributed by atoms with Crippen molar-refractivity contribution in [3.05, 3.63) is 36.0 Å². The molecule has 2 rings (SSSR count). The molecule has 0 radical (unpaired) electrons. The van der Waals surface area contributed by atoms with Gasteiger partial charge in [-0.15, -0.1) is 0 Å². The molecule has 7 amide bonds. The quantitative estimate of drug-likeness (QED) is 0.0230. The number of para-hydroxylation sites is 1.